The van der Waals surface area contributed by atoms with E-state index in [-0.39, 0.29) is 24.8 Å². The van der Waals surface area contributed by atoms with E-state index in [9.17, 15) is 9.59 Å². The first kappa shape index (κ1) is 19.6. The molecule has 0 spiro atoms. The summed E-state index contributed by atoms with van der Waals surface area (Å²) in [7, 11) is 3.37. The number of benzene rings is 1. The summed E-state index contributed by atoms with van der Waals surface area (Å²) in [6.45, 7) is 0.684. The van der Waals surface area contributed by atoms with Crippen molar-refractivity contribution >= 4 is 17.5 Å². The second-order valence-corrected chi connectivity index (χ2v) is 7.23. The first-order valence-corrected chi connectivity index (χ1v) is 9.69. The molecule has 1 aliphatic heterocycles. The number of aryl methyl sites for hydroxylation is 1. The van der Waals surface area contributed by atoms with Gasteiger partial charge >= 0.3 is 0 Å². The van der Waals surface area contributed by atoms with Crippen molar-refractivity contribution in [3.63, 3.8) is 0 Å². The highest BCUT2D eigenvalue weighted by Gasteiger charge is 2.35. The van der Waals surface area contributed by atoms with E-state index in [0.717, 1.165) is 5.56 Å². The number of fused-ring (bicyclic) bond motifs is 1. The number of carbonyl (C=O) groups excluding carboxylic acids is 2. The van der Waals surface area contributed by atoms with Crippen LogP contribution >= 0.6 is 0 Å². The number of para-hydroxylation sites is 2. The fraction of sp³-hybridized carbons (Fsp3) is 0.273. The van der Waals surface area contributed by atoms with Crippen LogP contribution in [-0.4, -0.2) is 45.1 Å². The number of rotatable bonds is 5. The fourth-order valence-corrected chi connectivity index (χ4v) is 3.68. The first-order valence-electron chi connectivity index (χ1n) is 9.69. The third-order valence-electron chi connectivity index (χ3n) is 5.12. The number of methoxy groups -OCH3 is 1. The van der Waals surface area contributed by atoms with E-state index in [4.69, 9.17) is 4.74 Å². The minimum absolute atomic E-state index is 0.0710. The van der Waals surface area contributed by atoms with Gasteiger partial charge in [-0.2, -0.15) is 5.10 Å². The number of hydrogen-bond donors (Lipinski definition) is 1. The molecule has 0 unspecified atom stereocenters. The van der Waals surface area contributed by atoms with E-state index in [1.807, 2.05) is 43.6 Å². The number of anilines is 1. The molecule has 1 N–H and O–H groups in total. The number of ether oxygens (including phenoxy) is 1. The molecule has 0 radical (unpaired) electrons. The summed E-state index contributed by atoms with van der Waals surface area (Å²) < 4.78 is 7.01. The maximum atomic E-state index is 13.2. The second-order valence-electron chi connectivity index (χ2n) is 7.23. The van der Waals surface area contributed by atoms with Crippen LogP contribution in [0.25, 0.3) is 0 Å². The molecular formula is C22H23N5O3. The minimum atomic E-state index is -0.576. The van der Waals surface area contributed by atoms with Gasteiger partial charge in [0.1, 0.15) is 11.7 Å². The molecule has 0 saturated carbocycles. The van der Waals surface area contributed by atoms with Gasteiger partial charge in [-0.25, -0.2) is 0 Å². The molecule has 4 rings (SSSR count). The maximum Gasteiger partial charge on any atom is 0.235 e. The zero-order valence-electron chi connectivity index (χ0n) is 16.9. The summed E-state index contributed by atoms with van der Waals surface area (Å²) in [5.74, 6) is -0.299. The Labute approximate surface area is 174 Å². The van der Waals surface area contributed by atoms with Gasteiger partial charge in [-0.15, -0.1) is 0 Å². The van der Waals surface area contributed by atoms with E-state index in [2.05, 4.69) is 15.4 Å². The molecule has 1 atom stereocenters. The Bertz CT molecular complexity index is 1060. The summed E-state index contributed by atoms with van der Waals surface area (Å²) in [4.78, 5) is 32.0. The zero-order valence-corrected chi connectivity index (χ0v) is 16.9. The molecule has 0 bridgehead atoms. The average Bonchev–Trinajstić information content (AvgIpc) is 3.14. The Morgan fingerprint density at radius 2 is 2.00 bits per heavy atom. The van der Waals surface area contributed by atoms with Gasteiger partial charge in [-0.1, -0.05) is 18.2 Å². The minimum Gasteiger partial charge on any atom is -0.495 e. The molecule has 0 fully saturated rings. The lowest BCUT2D eigenvalue weighted by atomic mass is 9.95. The first-order chi connectivity index (χ1) is 14.5. The van der Waals surface area contributed by atoms with Crippen LogP contribution in [0.2, 0.25) is 0 Å². The smallest absolute Gasteiger partial charge is 0.235 e. The van der Waals surface area contributed by atoms with E-state index in [1.54, 1.807) is 35.0 Å². The normalized spacial score (nSPS) is 15.4. The number of nitrogens with zero attached hydrogens (tertiary/aromatic N) is 4. The summed E-state index contributed by atoms with van der Waals surface area (Å²) >= 11 is 0. The lowest BCUT2D eigenvalue weighted by Gasteiger charge is -2.31. The lowest BCUT2D eigenvalue weighted by Crippen LogP contribution is -2.42. The Kier molecular flexibility index (Phi) is 5.47. The molecule has 0 aliphatic carbocycles. The van der Waals surface area contributed by atoms with Crippen LogP contribution in [0.15, 0.2) is 54.9 Å². The van der Waals surface area contributed by atoms with Crippen molar-refractivity contribution in [3.8, 4) is 5.75 Å². The van der Waals surface area contributed by atoms with Crippen molar-refractivity contribution in [3.05, 3.63) is 71.8 Å². The van der Waals surface area contributed by atoms with Crippen molar-refractivity contribution in [2.45, 2.75) is 18.9 Å². The molecule has 30 heavy (non-hydrogen) atoms. The fourth-order valence-electron chi connectivity index (χ4n) is 3.68. The average molecular weight is 405 g/mol. The van der Waals surface area contributed by atoms with Gasteiger partial charge in [0.15, 0.2) is 0 Å². The van der Waals surface area contributed by atoms with Gasteiger partial charge in [0, 0.05) is 43.8 Å². The van der Waals surface area contributed by atoms with Gasteiger partial charge in [-0.05, 0) is 24.3 Å². The third kappa shape index (κ3) is 4.03. The highest BCUT2D eigenvalue weighted by molar-refractivity contribution is 5.97. The van der Waals surface area contributed by atoms with Gasteiger partial charge in [0.05, 0.1) is 24.9 Å². The summed E-state index contributed by atoms with van der Waals surface area (Å²) in [6.07, 6.45) is 3.72. The standard InChI is InChI=1S/C22H23N5O3/c1-26-12-15-13-27(20(28)11-16-7-5-6-10-23-16)14-17(21(15)25-26)22(29)24-18-8-3-4-9-19(18)30-2/h3-10,12,17H,11,13-14H2,1-2H3,(H,24,29)/t17-/m1/s1. The molecule has 2 amide bonds. The highest BCUT2D eigenvalue weighted by atomic mass is 16.5. The van der Waals surface area contributed by atoms with E-state index < -0.39 is 5.92 Å². The molecule has 2 aromatic heterocycles. The SMILES string of the molecule is COc1ccccc1NC(=O)[C@@H]1CN(C(=O)Cc2ccccn2)Cc2cn(C)nc21. The summed E-state index contributed by atoms with van der Waals surface area (Å²) in [6, 6.07) is 12.7. The highest BCUT2D eigenvalue weighted by Crippen LogP contribution is 2.30. The second kappa shape index (κ2) is 8.36. The number of carbonyl (C=O) groups is 2. The topological polar surface area (TPSA) is 89.4 Å². The van der Waals surface area contributed by atoms with Gasteiger partial charge in [-0.3, -0.25) is 19.3 Å². The van der Waals surface area contributed by atoms with Crippen LogP contribution in [0.3, 0.4) is 0 Å². The van der Waals surface area contributed by atoms with Gasteiger partial charge in [0.25, 0.3) is 0 Å². The number of amides is 2. The largest absolute Gasteiger partial charge is 0.495 e. The van der Waals surface area contributed by atoms with Crippen molar-refractivity contribution in [1.29, 1.82) is 0 Å². The Morgan fingerprint density at radius 1 is 1.20 bits per heavy atom. The summed E-state index contributed by atoms with van der Waals surface area (Å²) in [5.41, 5.74) is 2.86. The van der Waals surface area contributed by atoms with Crippen LogP contribution in [-0.2, 0) is 29.6 Å². The number of hydrogen-bond acceptors (Lipinski definition) is 5. The molecule has 8 heteroatoms. The Hall–Kier alpha value is -3.68. The van der Waals surface area contributed by atoms with Crippen LogP contribution in [0.4, 0.5) is 5.69 Å². The predicted octanol–water partition coefficient (Wildman–Crippen LogP) is 2.13. The molecular weight excluding hydrogens is 382 g/mol. The Morgan fingerprint density at radius 3 is 2.77 bits per heavy atom. The number of aromatic nitrogens is 3. The van der Waals surface area contributed by atoms with Crippen molar-refractivity contribution in [2.75, 3.05) is 19.0 Å². The van der Waals surface area contributed by atoms with Crippen LogP contribution in [0, 0.1) is 0 Å². The summed E-state index contributed by atoms with van der Waals surface area (Å²) in [5, 5.41) is 7.42. The van der Waals surface area contributed by atoms with Crippen LogP contribution in [0.5, 0.6) is 5.75 Å². The molecule has 3 aromatic rings. The maximum absolute atomic E-state index is 13.2. The quantitative estimate of drug-likeness (QED) is 0.702. The van der Waals surface area contributed by atoms with Crippen LogP contribution in [0.1, 0.15) is 22.9 Å². The predicted molar refractivity (Wildman–Crippen MR) is 111 cm³/mol. The number of nitrogens with one attached hydrogen (secondary N) is 1. The number of pyridine rings is 1. The lowest BCUT2D eigenvalue weighted by molar-refractivity contribution is -0.132. The van der Waals surface area contributed by atoms with E-state index in [1.165, 1.54) is 0 Å². The molecule has 154 valence electrons. The van der Waals surface area contributed by atoms with Crippen molar-refractivity contribution in [2.24, 2.45) is 7.05 Å². The van der Waals surface area contributed by atoms with Crippen molar-refractivity contribution < 1.29 is 14.3 Å². The molecule has 3 heterocycles. The van der Waals surface area contributed by atoms with Crippen LogP contribution < -0.4 is 10.1 Å². The molecule has 0 saturated heterocycles. The third-order valence-corrected chi connectivity index (χ3v) is 5.12. The monoisotopic (exact) mass is 405 g/mol. The van der Waals surface area contributed by atoms with E-state index in [0.29, 0.717) is 29.4 Å². The zero-order chi connectivity index (χ0) is 21.1. The molecule has 1 aromatic carbocycles. The van der Waals surface area contributed by atoms with Gasteiger partial charge in [0.2, 0.25) is 11.8 Å². The Balaban J connectivity index is 1.57. The molecule has 8 nitrogen and oxygen atoms in total. The molecule has 1 aliphatic rings. The van der Waals surface area contributed by atoms with E-state index >= 15 is 0 Å². The van der Waals surface area contributed by atoms with Gasteiger partial charge < -0.3 is 15.0 Å². The van der Waals surface area contributed by atoms with Crippen molar-refractivity contribution in [1.82, 2.24) is 19.7 Å².